The molecule has 3 saturated carbocycles. The van der Waals surface area contributed by atoms with Gasteiger partial charge in [0, 0.05) is 27.9 Å². The minimum atomic E-state index is -0.118. The zero-order valence-electron chi connectivity index (χ0n) is 30.4. The summed E-state index contributed by atoms with van der Waals surface area (Å²) in [5.74, 6) is 3.32. The van der Waals surface area contributed by atoms with Crippen molar-refractivity contribution in [2.24, 2.45) is 11.8 Å². The molecule has 50 heavy (non-hydrogen) atoms. The third kappa shape index (κ3) is 4.51. The number of anilines is 3. The minimum Gasteiger partial charge on any atom is -0.310 e. The molecule has 5 aromatic carbocycles. The summed E-state index contributed by atoms with van der Waals surface area (Å²) in [6, 6.07) is 40.6. The first kappa shape index (κ1) is 30.7. The molecule has 5 aliphatic carbocycles. The van der Waals surface area contributed by atoms with E-state index in [-0.39, 0.29) is 10.8 Å². The highest BCUT2D eigenvalue weighted by molar-refractivity contribution is 5.92. The first-order valence-corrected chi connectivity index (χ1v) is 19.7. The molecule has 0 aliphatic heterocycles. The molecule has 0 saturated heterocycles. The summed E-state index contributed by atoms with van der Waals surface area (Å²) >= 11 is 0. The molecule has 3 unspecified atom stereocenters. The predicted octanol–water partition coefficient (Wildman–Crippen LogP) is 13.7. The fourth-order valence-corrected chi connectivity index (χ4v) is 11.6. The third-order valence-corrected chi connectivity index (χ3v) is 14.1. The van der Waals surface area contributed by atoms with Crippen molar-refractivity contribution in [3.8, 4) is 22.3 Å². The second kappa shape index (κ2) is 11.2. The van der Waals surface area contributed by atoms with Crippen LogP contribution in [0.15, 0.2) is 103 Å². The number of rotatable bonds is 5. The van der Waals surface area contributed by atoms with Crippen LogP contribution in [-0.4, -0.2) is 0 Å². The van der Waals surface area contributed by atoms with Crippen LogP contribution in [0.2, 0.25) is 0 Å². The minimum absolute atomic E-state index is 0.0356. The van der Waals surface area contributed by atoms with Gasteiger partial charge in [0.15, 0.2) is 0 Å². The zero-order valence-corrected chi connectivity index (χ0v) is 30.4. The van der Waals surface area contributed by atoms with Gasteiger partial charge in [0.05, 0.1) is 0 Å². The Balaban J connectivity index is 1.07. The lowest BCUT2D eigenvalue weighted by atomic mass is 9.72. The van der Waals surface area contributed by atoms with Crippen LogP contribution < -0.4 is 4.90 Å². The fourth-order valence-electron chi connectivity index (χ4n) is 11.6. The van der Waals surface area contributed by atoms with Crippen LogP contribution >= 0.6 is 0 Å². The summed E-state index contributed by atoms with van der Waals surface area (Å²) in [6.45, 7) is 9.80. The molecule has 3 fully saturated rings. The lowest BCUT2D eigenvalue weighted by Gasteiger charge is -2.31. The highest BCUT2D eigenvalue weighted by atomic mass is 15.1. The molecule has 0 radical (unpaired) electrons. The van der Waals surface area contributed by atoms with Crippen molar-refractivity contribution in [2.45, 2.75) is 108 Å². The molecule has 0 spiro atoms. The molecule has 2 bridgehead atoms. The summed E-state index contributed by atoms with van der Waals surface area (Å²) in [5, 5.41) is 0. The number of benzene rings is 5. The number of hydrogen-bond donors (Lipinski definition) is 0. The van der Waals surface area contributed by atoms with Crippen molar-refractivity contribution >= 4 is 17.1 Å². The van der Waals surface area contributed by atoms with E-state index < -0.39 is 0 Å². The molecule has 0 heterocycles. The molecule has 5 aliphatic rings. The van der Waals surface area contributed by atoms with Gasteiger partial charge in [0.1, 0.15) is 0 Å². The number of nitrogens with zero attached hydrogens (tertiary/aromatic N) is 1. The average molecular weight is 654 g/mol. The topological polar surface area (TPSA) is 3.24 Å². The van der Waals surface area contributed by atoms with Crippen molar-refractivity contribution in [3.63, 3.8) is 0 Å². The lowest BCUT2D eigenvalue weighted by molar-refractivity contribution is 0.420. The second-order valence-electron chi connectivity index (χ2n) is 17.6. The maximum atomic E-state index is 2.53. The smallest absolute Gasteiger partial charge is 0.0465 e. The third-order valence-electron chi connectivity index (χ3n) is 14.1. The van der Waals surface area contributed by atoms with Crippen molar-refractivity contribution in [3.05, 3.63) is 137 Å². The van der Waals surface area contributed by atoms with Gasteiger partial charge in [-0.15, -0.1) is 0 Å². The van der Waals surface area contributed by atoms with Gasteiger partial charge in [-0.05, 0) is 148 Å². The standard InChI is InChI=1S/C49H51N/c1-48(2)44-13-9-8-12-39(44)41-26-27-42-40-25-24-38(30-45(40)49(3,4)47(42)46(41)48)50(36-20-16-33(17-21-36)32-10-6-5-7-11-32)37-22-18-34(19-23-37)43-29-31-14-15-35(43)28-31/h8-9,12-13,16-27,30-32,35,43H,5-7,10-11,14-15,28-29H2,1-4H3. The Bertz CT molecular complexity index is 2110. The van der Waals surface area contributed by atoms with Crippen LogP contribution in [0.4, 0.5) is 17.1 Å². The number of hydrogen-bond acceptors (Lipinski definition) is 1. The van der Waals surface area contributed by atoms with Gasteiger partial charge in [-0.1, -0.05) is 120 Å². The molecule has 3 atom stereocenters. The maximum absolute atomic E-state index is 2.53. The molecular weight excluding hydrogens is 603 g/mol. The molecule has 1 nitrogen and oxygen atoms in total. The SMILES string of the molecule is CC1(C)c2ccccc2-c2ccc3c(c21)C(C)(C)c1cc(N(c2ccc(C4CCCCC4)cc2)c2ccc(C4CC5CCC4C5)cc2)ccc1-3. The van der Waals surface area contributed by atoms with Gasteiger partial charge in [0.25, 0.3) is 0 Å². The average Bonchev–Trinajstić information content (AvgIpc) is 3.90. The molecule has 252 valence electrons. The van der Waals surface area contributed by atoms with Crippen LogP contribution in [0.25, 0.3) is 22.3 Å². The van der Waals surface area contributed by atoms with Gasteiger partial charge >= 0.3 is 0 Å². The Labute approximate surface area is 299 Å². The molecule has 5 aromatic rings. The van der Waals surface area contributed by atoms with Crippen molar-refractivity contribution < 1.29 is 0 Å². The Hall–Kier alpha value is -4.10. The molecule has 10 rings (SSSR count). The largest absolute Gasteiger partial charge is 0.310 e. The molecule has 1 heteroatoms. The van der Waals surface area contributed by atoms with E-state index in [4.69, 9.17) is 0 Å². The van der Waals surface area contributed by atoms with Crippen molar-refractivity contribution in [2.75, 3.05) is 4.90 Å². The van der Waals surface area contributed by atoms with Crippen LogP contribution in [-0.2, 0) is 10.8 Å². The van der Waals surface area contributed by atoms with E-state index in [2.05, 4.69) is 136 Å². The van der Waals surface area contributed by atoms with Crippen LogP contribution in [0, 0.1) is 11.8 Å². The van der Waals surface area contributed by atoms with E-state index in [9.17, 15) is 0 Å². The monoisotopic (exact) mass is 653 g/mol. The first-order chi connectivity index (χ1) is 24.3. The van der Waals surface area contributed by atoms with Crippen molar-refractivity contribution in [1.29, 1.82) is 0 Å². The Morgan fingerprint density at radius 2 is 1.08 bits per heavy atom. The van der Waals surface area contributed by atoms with Gasteiger partial charge < -0.3 is 4.90 Å². The van der Waals surface area contributed by atoms with Gasteiger partial charge in [0.2, 0.25) is 0 Å². The highest BCUT2D eigenvalue weighted by Crippen LogP contribution is 2.60. The van der Waals surface area contributed by atoms with Crippen LogP contribution in [0.5, 0.6) is 0 Å². The molecule has 0 N–H and O–H groups in total. The summed E-state index contributed by atoms with van der Waals surface area (Å²) in [7, 11) is 0. The van der Waals surface area contributed by atoms with Crippen molar-refractivity contribution in [1.82, 2.24) is 0 Å². The van der Waals surface area contributed by atoms with E-state index in [1.165, 1.54) is 125 Å². The summed E-state index contributed by atoms with van der Waals surface area (Å²) in [4.78, 5) is 2.53. The molecular formula is C49H51N. The summed E-state index contributed by atoms with van der Waals surface area (Å²) in [5.41, 5.74) is 18.2. The lowest BCUT2D eigenvalue weighted by Crippen LogP contribution is -2.24. The Kier molecular flexibility index (Phi) is 6.88. The Morgan fingerprint density at radius 1 is 0.500 bits per heavy atom. The van der Waals surface area contributed by atoms with Gasteiger partial charge in [-0.25, -0.2) is 0 Å². The van der Waals surface area contributed by atoms with E-state index in [1.54, 1.807) is 5.56 Å². The van der Waals surface area contributed by atoms with E-state index in [0.717, 1.165) is 17.8 Å². The fraction of sp³-hybridized carbons (Fsp3) is 0.388. The van der Waals surface area contributed by atoms with E-state index in [1.807, 2.05) is 0 Å². The van der Waals surface area contributed by atoms with Gasteiger partial charge in [-0.2, -0.15) is 0 Å². The van der Waals surface area contributed by atoms with Crippen LogP contribution in [0.3, 0.4) is 0 Å². The molecule has 0 aromatic heterocycles. The van der Waals surface area contributed by atoms with Crippen LogP contribution in [0.1, 0.15) is 131 Å². The normalized spacial score (nSPS) is 23.7. The molecule has 0 amide bonds. The summed E-state index contributed by atoms with van der Waals surface area (Å²) < 4.78 is 0. The van der Waals surface area contributed by atoms with Gasteiger partial charge in [-0.3, -0.25) is 0 Å². The highest BCUT2D eigenvalue weighted by Gasteiger charge is 2.46. The first-order valence-electron chi connectivity index (χ1n) is 19.7. The second-order valence-corrected chi connectivity index (χ2v) is 17.6. The Morgan fingerprint density at radius 3 is 1.72 bits per heavy atom. The zero-order chi connectivity index (χ0) is 33.8. The van der Waals surface area contributed by atoms with E-state index >= 15 is 0 Å². The number of fused-ring (bicyclic) bond motifs is 9. The quantitative estimate of drug-likeness (QED) is 0.182. The predicted molar refractivity (Wildman–Crippen MR) is 210 cm³/mol. The maximum Gasteiger partial charge on any atom is 0.0465 e. The summed E-state index contributed by atoms with van der Waals surface area (Å²) in [6.07, 6.45) is 12.5. The van der Waals surface area contributed by atoms with E-state index in [0.29, 0.717) is 5.92 Å².